The van der Waals surface area contributed by atoms with E-state index in [1.54, 1.807) is 24.3 Å². The first-order chi connectivity index (χ1) is 13.7. The van der Waals surface area contributed by atoms with Crippen molar-refractivity contribution < 1.29 is 27.5 Å². The lowest BCUT2D eigenvalue weighted by Gasteiger charge is -2.17. The van der Waals surface area contributed by atoms with Gasteiger partial charge in [-0.3, -0.25) is 9.59 Å². The third-order valence-electron chi connectivity index (χ3n) is 3.90. The van der Waals surface area contributed by atoms with Gasteiger partial charge in [0.25, 0.3) is 0 Å². The maximum Gasteiger partial charge on any atom is 0.324 e. The summed E-state index contributed by atoms with van der Waals surface area (Å²) >= 11 is 5.89. The van der Waals surface area contributed by atoms with Crippen molar-refractivity contribution in [1.82, 2.24) is 4.72 Å². The molecule has 0 bridgehead atoms. The van der Waals surface area contributed by atoms with Crippen molar-refractivity contribution in [1.29, 1.82) is 0 Å². The predicted molar refractivity (Wildman–Crippen MR) is 107 cm³/mol. The van der Waals surface area contributed by atoms with E-state index in [2.05, 4.69) is 4.72 Å². The minimum absolute atomic E-state index is 0.0648. The average Bonchev–Trinajstić information content (AvgIpc) is 2.69. The van der Waals surface area contributed by atoms with E-state index in [1.807, 2.05) is 0 Å². The molecule has 29 heavy (non-hydrogen) atoms. The maximum absolute atomic E-state index is 12.6. The Labute approximate surface area is 174 Å². The summed E-state index contributed by atoms with van der Waals surface area (Å²) in [5.74, 6) is -1.01. The molecule has 8 nitrogen and oxygen atoms in total. The highest BCUT2D eigenvalue weighted by atomic mass is 35.5. The minimum Gasteiger partial charge on any atom is -0.497 e. The molecular weight excluding hydrogens is 420 g/mol. The van der Waals surface area contributed by atoms with E-state index in [1.165, 1.54) is 31.4 Å². The SMILES string of the molecule is COc1ccc(S(=O)(=O)NC(CCC(N)=O)C(=O)OCc2cccc(Cl)c2)cc1. The van der Waals surface area contributed by atoms with Crippen LogP contribution in [0, 0.1) is 0 Å². The molecule has 0 aliphatic rings. The van der Waals surface area contributed by atoms with Crippen LogP contribution >= 0.6 is 11.6 Å². The zero-order valence-corrected chi connectivity index (χ0v) is 17.2. The van der Waals surface area contributed by atoms with Gasteiger partial charge < -0.3 is 15.2 Å². The van der Waals surface area contributed by atoms with Crippen LogP contribution in [0.1, 0.15) is 18.4 Å². The fourth-order valence-corrected chi connectivity index (χ4v) is 3.84. The predicted octanol–water partition coefficient (Wildman–Crippen LogP) is 2.00. The van der Waals surface area contributed by atoms with E-state index in [9.17, 15) is 18.0 Å². The number of ether oxygens (including phenoxy) is 2. The van der Waals surface area contributed by atoms with Crippen molar-refractivity contribution in [3.8, 4) is 5.75 Å². The van der Waals surface area contributed by atoms with Crippen LogP contribution in [0.25, 0.3) is 0 Å². The van der Waals surface area contributed by atoms with Gasteiger partial charge in [0.1, 0.15) is 18.4 Å². The largest absolute Gasteiger partial charge is 0.497 e. The molecule has 1 amide bonds. The number of benzene rings is 2. The molecule has 0 aliphatic heterocycles. The molecule has 10 heteroatoms. The smallest absolute Gasteiger partial charge is 0.324 e. The molecule has 0 aliphatic carbocycles. The molecule has 156 valence electrons. The summed E-state index contributed by atoms with van der Waals surface area (Å²) in [4.78, 5) is 23.5. The van der Waals surface area contributed by atoms with E-state index in [0.717, 1.165) is 0 Å². The molecule has 2 aromatic carbocycles. The van der Waals surface area contributed by atoms with Crippen molar-refractivity contribution in [3.05, 3.63) is 59.1 Å². The lowest BCUT2D eigenvalue weighted by molar-refractivity contribution is -0.147. The molecule has 0 fully saturated rings. The molecule has 0 aromatic heterocycles. The number of hydrogen-bond donors (Lipinski definition) is 2. The average molecular weight is 441 g/mol. The van der Waals surface area contributed by atoms with Gasteiger partial charge in [-0.2, -0.15) is 4.72 Å². The second-order valence-electron chi connectivity index (χ2n) is 6.09. The number of sulfonamides is 1. The van der Waals surface area contributed by atoms with E-state index >= 15 is 0 Å². The normalized spacial score (nSPS) is 12.2. The Morgan fingerprint density at radius 3 is 2.45 bits per heavy atom. The summed E-state index contributed by atoms with van der Waals surface area (Å²) in [5, 5.41) is 0.476. The summed E-state index contributed by atoms with van der Waals surface area (Å²) in [6.07, 6.45) is -0.332. The van der Waals surface area contributed by atoms with Gasteiger partial charge in [0.15, 0.2) is 0 Å². The molecule has 2 rings (SSSR count). The van der Waals surface area contributed by atoms with Gasteiger partial charge in [0, 0.05) is 11.4 Å². The summed E-state index contributed by atoms with van der Waals surface area (Å²) in [6, 6.07) is 11.0. The molecule has 0 spiro atoms. The van der Waals surface area contributed by atoms with Crippen LogP contribution in [-0.2, 0) is 31.0 Å². The Balaban J connectivity index is 2.12. The number of carbonyl (C=O) groups excluding carboxylic acids is 2. The molecule has 2 aromatic rings. The van der Waals surface area contributed by atoms with Crippen LogP contribution in [0.15, 0.2) is 53.4 Å². The van der Waals surface area contributed by atoms with Crippen molar-refractivity contribution >= 4 is 33.5 Å². The molecule has 0 heterocycles. The molecule has 0 saturated carbocycles. The monoisotopic (exact) mass is 440 g/mol. The first-order valence-electron chi connectivity index (χ1n) is 8.57. The van der Waals surface area contributed by atoms with Gasteiger partial charge in [-0.1, -0.05) is 23.7 Å². The maximum atomic E-state index is 12.6. The number of methoxy groups -OCH3 is 1. The van der Waals surface area contributed by atoms with Crippen LogP contribution in [0.3, 0.4) is 0 Å². The molecular formula is C19H21ClN2O6S. The van der Waals surface area contributed by atoms with Gasteiger partial charge >= 0.3 is 5.97 Å². The quantitative estimate of drug-likeness (QED) is 0.544. The number of nitrogens with two attached hydrogens (primary N) is 1. The summed E-state index contributed by atoms with van der Waals surface area (Å²) < 4.78 is 37.7. The number of esters is 1. The summed E-state index contributed by atoms with van der Waals surface area (Å²) in [6.45, 7) is -0.100. The van der Waals surface area contributed by atoms with Crippen molar-refractivity contribution in [3.63, 3.8) is 0 Å². The second-order valence-corrected chi connectivity index (χ2v) is 8.24. The molecule has 3 N–H and O–H groups in total. The molecule has 1 atom stereocenters. The van der Waals surface area contributed by atoms with Crippen molar-refractivity contribution in [2.45, 2.75) is 30.4 Å². The van der Waals surface area contributed by atoms with Crippen LogP contribution in [0.5, 0.6) is 5.75 Å². The Hall–Kier alpha value is -2.62. The van der Waals surface area contributed by atoms with Crippen LogP contribution in [0.2, 0.25) is 5.02 Å². The number of rotatable bonds is 10. The lowest BCUT2D eigenvalue weighted by Crippen LogP contribution is -2.42. The van der Waals surface area contributed by atoms with E-state index < -0.39 is 27.9 Å². The van der Waals surface area contributed by atoms with E-state index in [-0.39, 0.29) is 24.3 Å². The second kappa shape index (κ2) is 10.2. The number of primary amides is 1. The van der Waals surface area contributed by atoms with Gasteiger partial charge in [0.2, 0.25) is 15.9 Å². The van der Waals surface area contributed by atoms with Gasteiger partial charge in [-0.25, -0.2) is 8.42 Å². The summed E-state index contributed by atoms with van der Waals surface area (Å²) in [5.41, 5.74) is 5.77. The van der Waals surface area contributed by atoms with E-state index in [4.69, 9.17) is 26.8 Å². The zero-order chi connectivity index (χ0) is 21.4. The number of carbonyl (C=O) groups is 2. The highest BCUT2D eigenvalue weighted by Crippen LogP contribution is 2.17. The lowest BCUT2D eigenvalue weighted by atomic mass is 10.1. The Morgan fingerprint density at radius 2 is 1.86 bits per heavy atom. The van der Waals surface area contributed by atoms with E-state index in [0.29, 0.717) is 16.3 Å². The van der Waals surface area contributed by atoms with Crippen LogP contribution in [0.4, 0.5) is 0 Å². The van der Waals surface area contributed by atoms with Crippen molar-refractivity contribution in [2.75, 3.05) is 7.11 Å². The highest BCUT2D eigenvalue weighted by molar-refractivity contribution is 7.89. The number of amides is 1. The third kappa shape index (κ3) is 7.04. The first-order valence-corrected chi connectivity index (χ1v) is 10.4. The topological polar surface area (TPSA) is 125 Å². The van der Waals surface area contributed by atoms with Crippen molar-refractivity contribution in [2.24, 2.45) is 5.73 Å². The molecule has 0 radical (unpaired) electrons. The Kier molecular flexibility index (Phi) is 8.00. The highest BCUT2D eigenvalue weighted by Gasteiger charge is 2.27. The first kappa shape index (κ1) is 22.7. The number of halogens is 1. The number of hydrogen-bond acceptors (Lipinski definition) is 6. The fraction of sp³-hybridized carbons (Fsp3) is 0.263. The Bertz CT molecular complexity index is 963. The molecule has 0 saturated heterocycles. The van der Waals surface area contributed by atoms with Gasteiger partial charge in [-0.05, 0) is 48.4 Å². The fourth-order valence-electron chi connectivity index (χ4n) is 2.40. The van der Waals surface area contributed by atoms with Gasteiger partial charge in [0.05, 0.1) is 12.0 Å². The van der Waals surface area contributed by atoms with Crippen LogP contribution in [-0.4, -0.2) is 33.4 Å². The third-order valence-corrected chi connectivity index (χ3v) is 5.62. The summed E-state index contributed by atoms with van der Waals surface area (Å²) in [7, 11) is -2.59. The standard InChI is InChI=1S/C19H21ClN2O6S/c1-27-15-5-7-16(8-6-15)29(25,26)22-17(9-10-18(21)23)19(24)28-12-13-3-2-4-14(20)11-13/h2-8,11,17,22H,9-10,12H2,1H3,(H2,21,23). The Morgan fingerprint density at radius 1 is 1.17 bits per heavy atom. The van der Waals surface area contributed by atoms with Gasteiger partial charge in [-0.15, -0.1) is 0 Å². The van der Waals surface area contributed by atoms with Crippen LogP contribution < -0.4 is 15.2 Å². The number of nitrogens with one attached hydrogen (secondary N) is 1. The zero-order valence-electron chi connectivity index (χ0n) is 15.6. The minimum atomic E-state index is -4.05. The molecule has 1 unspecified atom stereocenters.